The number of carboxylic acid groups (broad SMARTS) is 2. The largest absolute Gasteiger partial charge is 2.00 e. The average Bonchev–Trinajstić information content (AvgIpc) is 2.63. The van der Waals surface area contributed by atoms with Crippen LogP contribution in [0, 0.1) is 0 Å². The molecule has 7 heteroatoms. The predicted molar refractivity (Wildman–Crippen MR) is 115 cm³/mol. The van der Waals surface area contributed by atoms with Crippen LogP contribution in [-0.4, -0.2) is 58.2 Å². The number of aliphatic carboxylic acids is 2. The van der Waals surface area contributed by atoms with E-state index >= 15 is 0 Å². The molecule has 0 radical (unpaired) electrons. The van der Waals surface area contributed by atoms with E-state index in [1.165, 1.54) is 82.4 Å². The molecule has 1 atom stereocenters. The monoisotopic (exact) mass is 428 g/mol. The number of hydrogen-bond donors (Lipinski definition) is 1. The van der Waals surface area contributed by atoms with Crippen LogP contribution in [0.3, 0.4) is 0 Å². The summed E-state index contributed by atoms with van der Waals surface area (Å²) in [5.74, 6) is -1.64. The Morgan fingerprint density at radius 1 is 0.821 bits per heavy atom. The molecule has 0 saturated heterocycles. The predicted octanol–water partition coefficient (Wildman–Crippen LogP) is 2.69. The summed E-state index contributed by atoms with van der Waals surface area (Å²) in [5, 5.41) is 28.6. The van der Waals surface area contributed by atoms with Crippen molar-refractivity contribution in [1.82, 2.24) is 0 Å². The zero-order chi connectivity index (χ0) is 20.8. The van der Waals surface area contributed by atoms with Crippen LogP contribution in [0.4, 0.5) is 0 Å². The second-order valence-corrected chi connectivity index (χ2v) is 7.97. The van der Waals surface area contributed by atoms with E-state index in [1.54, 1.807) is 0 Å². The van der Waals surface area contributed by atoms with Gasteiger partial charge >= 0.3 is 23.1 Å². The van der Waals surface area contributed by atoms with Crippen molar-refractivity contribution in [2.24, 2.45) is 0 Å². The smallest absolute Gasteiger partial charge is 0.550 e. The molecule has 0 rings (SSSR count). The van der Waals surface area contributed by atoms with Crippen LogP contribution >= 0.6 is 11.8 Å². The Hall–Kier alpha value is 0.0162. The molecule has 1 unspecified atom stereocenters. The zero-order valence-corrected chi connectivity index (χ0v) is 20.3. The third-order valence-electron chi connectivity index (χ3n) is 4.35. The number of aliphatic hydroxyl groups is 1. The van der Waals surface area contributed by atoms with Gasteiger partial charge in [0.15, 0.2) is 0 Å². The molecule has 162 valence electrons. The molecule has 0 aliphatic rings. The van der Waals surface area contributed by atoms with Gasteiger partial charge in [0.05, 0.1) is 12.1 Å². The molecular weight excluding hydrogens is 389 g/mol. The Balaban J connectivity index is -0.000000530. The van der Waals surface area contributed by atoms with Crippen molar-refractivity contribution < 1.29 is 24.9 Å². The van der Waals surface area contributed by atoms with Crippen LogP contribution in [-0.2, 0) is 9.59 Å². The van der Waals surface area contributed by atoms with Gasteiger partial charge in [-0.2, -0.15) is 11.8 Å². The number of carbonyl (C=O) groups is 2. The first-order valence-electron chi connectivity index (χ1n) is 10.5. The summed E-state index contributed by atoms with van der Waals surface area (Å²) in [6.07, 6.45) is 17.8. The molecule has 0 saturated carbocycles. The number of aliphatic hydroxyl groups excluding tert-OH is 1. The van der Waals surface area contributed by atoms with Crippen molar-refractivity contribution in [1.29, 1.82) is 0 Å². The van der Waals surface area contributed by atoms with Crippen molar-refractivity contribution in [2.45, 2.75) is 109 Å². The molecule has 0 aromatic heterocycles. The first-order chi connectivity index (χ1) is 13.0. The van der Waals surface area contributed by atoms with Crippen molar-refractivity contribution in [3.8, 4) is 0 Å². The van der Waals surface area contributed by atoms with E-state index in [-0.39, 0.29) is 35.9 Å². The SMILES string of the molecule is CCCCCCCCCCCCCCCC(=O)[O-].CSCCC(O)C(=O)[O-].[Mg+2]. The van der Waals surface area contributed by atoms with Gasteiger partial charge in [-0.05, 0) is 31.3 Å². The molecule has 0 amide bonds. The average molecular weight is 429 g/mol. The summed E-state index contributed by atoms with van der Waals surface area (Å²) in [6, 6.07) is 0. The van der Waals surface area contributed by atoms with Gasteiger partial charge in [-0.25, -0.2) is 0 Å². The number of carboxylic acids is 2. The van der Waals surface area contributed by atoms with Gasteiger partial charge in [-0.15, -0.1) is 0 Å². The summed E-state index contributed by atoms with van der Waals surface area (Å²) < 4.78 is 0. The molecule has 28 heavy (non-hydrogen) atoms. The Labute approximate surface area is 192 Å². The minimum Gasteiger partial charge on any atom is -0.550 e. The van der Waals surface area contributed by atoms with E-state index < -0.39 is 18.0 Å². The van der Waals surface area contributed by atoms with Crippen LogP contribution in [0.15, 0.2) is 0 Å². The fraction of sp³-hybridized carbons (Fsp3) is 0.905. The molecule has 0 fully saturated rings. The maximum atomic E-state index is 10.2. The summed E-state index contributed by atoms with van der Waals surface area (Å²) in [5.41, 5.74) is 0. The summed E-state index contributed by atoms with van der Waals surface area (Å²) >= 11 is 1.50. The minimum atomic E-state index is -1.39. The molecule has 0 aromatic carbocycles. The van der Waals surface area contributed by atoms with Crippen molar-refractivity contribution in [2.75, 3.05) is 12.0 Å². The maximum Gasteiger partial charge on any atom is 2.00 e. The quantitative estimate of drug-likeness (QED) is 0.266. The van der Waals surface area contributed by atoms with Crippen LogP contribution in [0.1, 0.15) is 103 Å². The topological polar surface area (TPSA) is 100 Å². The fourth-order valence-electron chi connectivity index (χ4n) is 2.63. The number of carbonyl (C=O) groups excluding carboxylic acids is 2. The van der Waals surface area contributed by atoms with Gasteiger partial charge in [-0.3, -0.25) is 0 Å². The molecule has 0 bridgehead atoms. The molecular formula is C21H40MgO5S. The van der Waals surface area contributed by atoms with Gasteiger partial charge < -0.3 is 24.9 Å². The summed E-state index contributed by atoms with van der Waals surface area (Å²) in [6.45, 7) is 2.26. The van der Waals surface area contributed by atoms with E-state index in [0.29, 0.717) is 5.75 Å². The van der Waals surface area contributed by atoms with Crippen molar-refractivity contribution >= 4 is 46.8 Å². The molecule has 5 nitrogen and oxygen atoms in total. The molecule has 0 heterocycles. The molecule has 1 N–H and O–H groups in total. The molecule has 0 aliphatic heterocycles. The molecule has 0 aromatic rings. The van der Waals surface area contributed by atoms with E-state index in [0.717, 1.165) is 12.8 Å². The number of thioether (sulfide) groups is 1. The Morgan fingerprint density at radius 2 is 1.21 bits per heavy atom. The maximum absolute atomic E-state index is 10.2. The standard InChI is InChI=1S/C16H32O2.C5H10O3S.Mg/c1-2-3-4-5-6-7-8-9-10-11-12-13-14-15-16(17)18;1-9-3-2-4(6)5(7)8;/h2-15H2,1H3,(H,17,18);4,6H,2-3H2,1H3,(H,7,8);/q;;+2/p-2. The number of unbranched alkanes of at least 4 members (excludes halogenated alkanes) is 12. The third kappa shape index (κ3) is 30.7. The molecule has 0 spiro atoms. The van der Waals surface area contributed by atoms with Crippen LogP contribution in [0.2, 0.25) is 0 Å². The van der Waals surface area contributed by atoms with Crippen molar-refractivity contribution in [3.63, 3.8) is 0 Å². The van der Waals surface area contributed by atoms with E-state index in [4.69, 9.17) is 5.11 Å². The van der Waals surface area contributed by atoms with Crippen LogP contribution in [0.5, 0.6) is 0 Å². The van der Waals surface area contributed by atoms with Gasteiger partial charge in [0, 0.05) is 5.97 Å². The second kappa shape index (κ2) is 27.0. The number of hydrogen-bond acceptors (Lipinski definition) is 6. The molecule has 0 aliphatic carbocycles. The van der Waals surface area contributed by atoms with E-state index in [1.807, 2.05) is 6.26 Å². The number of rotatable bonds is 18. The Morgan fingerprint density at radius 3 is 1.54 bits per heavy atom. The minimum absolute atomic E-state index is 0. The van der Waals surface area contributed by atoms with E-state index in [9.17, 15) is 19.8 Å². The summed E-state index contributed by atoms with van der Waals surface area (Å²) in [4.78, 5) is 20.0. The Bertz CT molecular complexity index is 343. The van der Waals surface area contributed by atoms with Gasteiger partial charge in [0.1, 0.15) is 0 Å². The van der Waals surface area contributed by atoms with Crippen LogP contribution in [0.25, 0.3) is 0 Å². The van der Waals surface area contributed by atoms with Crippen molar-refractivity contribution in [3.05, 3.63) is 0 Å². The normalized spacial score (nSPS) is 11.1. The first-order valence-corrected chi connectivity index (χ1v) is 11.9. The Kier molecular flexibility index (Phi) is 31.5. The fourth-order valence-corrected chi connectivity index (χ4v) is 3.09. The first kappa shape index (κ1) is 32.7. The van der Waals surface area contributed by atoms with Gasteiger partial charge in [-0.1, -0.05) is 84.0 Å². The third-order valence-corrected chi connectivity index (χ3v) is 5.00. The zero-order valence-electron chi connectivity index (χ0n) is 18.1. The second-order valence-electron chi connectivity index (χ2n) is 6.98. The summed E-state index contributed by atoms with van der Waals surface area (Å²) in [7, 11) is 0. The van der Waals surface area contributed by atoms with Gasteiger partial charge in [0.25, 0.3) is 0 Å². The van der Waals surface area contributed by atoms with Gasteiger partial charge in [0.2, 0.25) is 0 Å². The van der Waals surface area contributed by atoms with Crippen LogP contribution < -0.4 is 10.2 Å². The van der Waals surface area contributed by atoms with E-state index in [2.05, 4.69) is 6.92 Å².